The van der Waals surface area contributed by atoms with Crippen molar-refractivity contribution in [3.05, 3.63) is 53.0 Å². The maximum atomic E-state index is 13.0. The Bertz CT molecular complexity index is 759. The van der Waals surface area contributed by atoms with Crippen molar-refractivity contribution >= 4 is 17.3 Å². The second kappa shape index (κ2) is 6.36. The number of aromatic nitrogens is 2. The maximum absolute atomic E-state index is 13.0. The zero-order valence-corrected chi connectivity index (χ0v) is 13.4. The molecule has 0 saturated heterocycles. The number of nitrogens with zero attached hydrogens (tertiary/aromatic N) is 2. The quantitative estimate of drug-likeness (QED) is 0.928. The number of nitrogens with one attached hydrogen (secondary N) is 1. The molecule has 0 bridgehead atoms. The zero-order chi connectivity index (χ0) is 16.4. The van der Waals surface area contributed by atoms with Crippen LogP contribution in [0.4, 0.5) is 10.2 Å². The minimum Gasteiger partial charge on any atom is -0.306 e. The van der Waals surface area contributed by atoms with E-state index < -0.39 is 0 Å². The number of hydrogen-bond donors (Lipinski definition) is 1. The molecular formula is C18H20FN3O. The van der Waals surface area contributed by atoms with Gasteiger partial charge in [0.1, 0.15) is 11.6 Å². The standard InChI is InChI=1S/C18H20FN3O/c1-12-16(13-6-4-3-5-7-13)17(22(2)21-12)20-18(23)14-8-10-15(19)11-9-14/h6,8-11H,3-5,7H2,1-2H3,(H,20,23). The first-order valence-corrected chi connectivity index (χ1v) is 7.86. The van der Waals surface area contributed by atoms with Crippen LogP contribution in [0, 0.1) is 12.7 Å². The first-order valence-electron chi connectivity index (χ1n) is 7.86. The number of amides is 1. The van der Waals surface area contributed by atoms with E-state index in [1.807, 2.05) is 14.0 Å². The molecule has 1 aliphatic rings. The number of aryl methyl sites for hydroxylation is 2. The Kier molecular flexibility index (Phi) is 4.28. The number of carbonyl (C=O) groups is 1. The minimum absolute atomic E-state index is 0.259. The SMILES string of the molecule is Cc1nn(C)c(NC(=O)c2ccc(F)cc2)c1C1=CCCCC1. The number of rotatable bonds is 3. The van der Waals surface area contributed by atoms with Gasteiger partial charge in [0.15, 0.2) is 0 Å². The van der Waals surface area contributed by atoms with Gasteiger partial charge in [-0.05, 0) is 62.4 Å². The summed E-state index contributed by atoms with van der Waals surface area (Å²) in [7, 11) is 1.82. The summed E-state index contributed by atoms with van der Waals surface area (Å²) in [4.78, 5) is 12.4. The van der Waals surface area contributed by atoms with Crippen LogP contribution in [-0.2, 0) is 7.05 Å². The number of halogens is 1. The van der Waals surface area contributed by atoms with E-state index in [9.17, 15) is 9.18 Å². The molecule has 0 atom stereocenters. The highest BCUT2D eigenvalue weighted by atomic mass is 19.1. The molecule has 1 heterocycles. The molecule has 1 aliphatic carbocycles. The second-order valence-corrected chi connectivity index (χ2v) is 5.87. The smallest absolute Gasteiger partial charge is 0.256 e. The lowest BCUT2D eigenvalue weighted by molar-refractivity contribution is 0.102. The van der Waals surface area contributed by atoms with Crippen molar-refractivity contribution in [3.8, 4) is 0 Å². The Morgan fingerprint density at radius 1 is 1.26 bits per heavy atom. The van der Waals surface area contributed by atoms with Crippen LogP contribution in [0.15, 0.2) is 30.3 Å². The molecule has 120 valence electrons. The summed E-state index contributed by atoms with van der Waals surface area (Å²) in [5.74, 6) is 0.0848. The van der Waals surface area contributed by atoms with Crippen molar-refractivity contribution in [2.24, 2.45) is 7.05 Å². The number of anilines is 1. The van der Waals surface area contributed by atoms with Crippen LogP contribution < -0.4 is 5.32 Å². The highest BCUT2D eigenvalue weighted by Gasteiger charge is 2.20. The molecule has 0 saturated carbocycles. The molecule has 0 aliphatic heterocycles. The Balaban J connectivity index is 1.92. The number of hydrogen-bond acceptors (Lipinski definition) is 2. The average Bonchev–Trinajstić information content (AvgIpc) is 2.82. The molecule has 2 aromatic rings. The number of carbonyl (C=O) groups excluding carboxylic acids is 1. The van der Waals surface area contributed by atoms with Crippen molar-refractivity contribution in [1.29, 1.82) is 0 Å². The monoisotopic (exact) mass is 313 g/mol. The summed E-state index contributed by atoms with van der Waals surface area (Å²) >= 11 is 0. The Hall–Kier alpha value is -2.43. The van der Waals surface area contributed by atoms with Crippen LogP contribution in [0.2, 0.25) is 0 Å². The second-order valence-electron chi connectivity index (χ2n) is 5.87. The summed E-state index contributed by atoms with van der Waals surface area (Å²) in [6.45, 7) is 1.96. The third-order valence-corrected chi connectivity index (χ3v) is 4.17. The van der Waals surface area contributed by atoms with Crippen molar-refractivity contribution in [2.45, 2.75) is 32.6 Å². The molecule has 0 fully saturated rings. The van der Waals surface area contributed by atoms with E-state index in [1.165, 1.54) is 36.3 Å². The van der Waals surface area contributed by atoms with Crippen LogP contribution in [0.3, 0.4) is 0 Å². The van der Waals surface area contributed by atoms with Crippen molar-refractivity contribution in [3.63, 3.8) is 0 Å². The van der Waals surface area contributed by atoms with E-state index >= 15 is 0 Å². The predicted molar refractivity (Wildman–Crippen MR) is 88.7 cm³/mol. The molecule has 23 heavy (non-hydrogen) atoms. The summed E-state index contributed by atoms with van der Waals surface area (Å²) in [5.41, 5.74) is 3.60. The van der Waals surface area contributed by atoms with E-state index in [2.05, 4.69) is 16.5 Å². The topological polar surface area (TPSA) is 46.9 Å². The molecule has 1 aromatic heterocycles. The van der Waals surface area contributed by atoms with Gasteiger partial charge >= 0.3 is 0 Å². The summed E-state index contributed by atoms with van der Waals surface area (Å²) in [6.07, 6.45) is 6.67. The number of allylic oxidation sites excluding steroid dienone is 2. The largest absolute Gasteiger partial charge is 0.306 e. The van der Waals surface area contributed by atoms with Crippen LogP contribution in [0.5, 0.6) is 0 Å². The molecule has 0 radical (unpaired) electrons. The predicted octanol–water partition coefficient (Wildman–Crippen LogP) is 4.08. The van der Waals surface area contributed by atoms with Gasteiger partial charge in [-0.2, -0.15) is 5.10 Å². The van der Waals surface area contributed by atoms with Gasteiger partial charge in [0.2, 0.25) is 0 Å². The first kappa shape index (κ1) is 15.5. The normalized spacial score (nSPS) is 14.5. The summed E-state index contributed by atoms with van der Waals surface area (Å²) in [5, 5.41) is 7.38. The third kappa shape index (κ3) is 3.18. The van der Waals surface area contributed by atoms with Gasteiger partial charge in [0.05, 0.1) is 5.69 Å². The fourth-order valence-electron chi connectivity index (χ4n) is 3.03. The molecule has 0 unspecified atom stereocenters. The van der Waals surface area contributed by atoms with Crippen LogP contribution in [0.25, 0.3) is 5.57 Å². The lowest BCUT2D eigenvalue weighted by Gasteiger charge is -2.15. The summed E-state index contributed by atoms with van der Waals surface area (Å²) in [6, 6.07) is 5.53. The van der Waals surface area contributed by atoms with E-state index in [-0.39, 0.29) is 11.7 Å². The van der Waals surface area contributed by atoms with E-state index in [4.69, 9.17) is 0 Å². The minimum atomic E-state index is -0.356. The Morgan fingerprint density at radius 3 is 2.65 bits per heavy atom. The molecular weight excluding hydrogens is 293 g/mol. The highest BCUT2D eigenvalue weighted by Crippen LogP contribution is 2.33. The van der Waals surface area contributed by atoms with E-state index in [0.717, 1.165) is 30.5 Å². The van der Waals surface area contributed by atoms with Gasteiger partial charge < -0.3 is 5.32 Å². The molecule has 0 spiro atoms. The fraction of sp³-hybridized carbons (Fsp3) is 0.333. The zero-order valence-electron chi connectivity index (χ0n) is 13.4. The Labute approximate surface area is 135 Å². The van der Waals surface area contributed by atoms with Gasteiger partial charge in [-0.25, -0.2) is 4.39 Å². The van der Waals surface area contributed by atoms with Crippen molar-refractivity contribution in [1.82, 2.24) is 9.78 Å². The van der Waals surface area contributed by atoms with Gasteiger partial charge in [0, 0.05) is 18.2 Å². The molecule has 1 N–H and O–H groups in total. The highest BCUT2D eigenvalue weighted by molar-refractivity contribution is 6.05. The molecule has 3 rings (SSSR count). The Morgan fingerprint density at radius 2 is 2.00 bits per heavy atom. The lowest BCUT2D eigenvalue weighted by Crippen LogP contribution is -2.15. The van der Waals surface area contributed by atoms with Gasteiger partial charge in [-0.3, -0.25) is 9.48 Å². The maximum Gasteiger partial charge on any atom is 0.256 e. The lowest BCUT2D eigenvalue weighted by atomic mass is 9.93. The van der Waals surface area contributed by atoms with E-state index in [0.29, 0.717) is 11.4 Å². The third-order valence-electron chi connectivity index (χ3n) is 4.17. The van der Waals surface area contributed by atoms with Gasteiger partial charge in [-0.1, -0.05) is 6.08 Å². The van der Waals surface area contributed by atoms with Gasteiger partial charge in [0.25, 0.3) is 5.91 Å². The molecule has 4 nitrogen and oxygen atoms in total. The van der Waals surface area contributed by atoms with Crippen LogP contribution >= 0.6 is 0 Å². The van der Waals surface area contributed by atoms with Crippen molar-refractivity contribution in [2.75, 3.05) is 5.32 Å². The molecule has 1 aromatic carbocycles. The van der Waals surface area contributed by atoms with Gasteiger partial charge in [-0.15, -0.1) is 0 Å². The fourth-order valence-corrected chi connectivity index (χ4v) is 3.03. The van der Waals surface area contributed by atoms with Crippen LogP contribution in [-0.4, -0.2) is 15.7 Å². The van der Waals surface area contributed by atoms with E-state index in [1.54, 1.807) is 4.68 Å². The molecule has 5 heteroatoms. The number of benzene rings is 1. The average molecular weight is 313 g/mol. The van der Waals surface area contributed by atoms with Crippen molar-refractivity contribution < 1.29 is 9.18 Å². The van der Waals surface area contributed by atoms with Crippen LogP contribution in [0.1, 0.15) is 47.3 Å². The first-order chi connectivity index (χ1) is 11.1. The summed E-state index contributed by atoms with van der Waals surface area (Å²) < 4.78 is 14.7. The molecule has 1 amide bonds.